The van der Waals surface area contributed by atoms with Gasteiger partial charge in [0.1, 0.15) is 5.82 Å². The number of anilines is 2. The Morgan fingerprint density at radius 1 is 1.54 bits per heavy atom. The third-order valence-corrected chi connectivity index (χ3v) is 2.63. The Labute approximate surface area is 77.2 Å². The van der Waals surface area contributed by atoms with Crippen LogP contribution in [-0.2, 0) is 0 Å². The number of hydrogen-bond acceptors (Lipinski definition) is 2. The number of hydrogen-bond donors (Lipinski definition) is 1. The summed E-state index contributed by atoms with van der Waals surface area (Å²) >= 11 is 0. The molecular formula is C10H13FN2. The zero-order valence-corrected chi connectivity index (χ0v) is 7.63. The second-order valence-electron chi connectivity index (χ2n) is 3.54. The Morgan fingerprint density at radius 3 is 2.77 bits per heavy atom. The molecule has 0 spiro atoms. The maximum absolute atomic E-state index is 12.8. The highest BCUT2D eigenvalue weighted by atomic mass is 19.1. The topological polar surface area (TPSA) is 29.3 Å². The van der Waals surface area contributed by atoms with E-state index in [1.807, 2.05) is 0 Å². The number of nitrogen functional groups attached to an aromatic ring is 1. The number of rotatable bonds is 1. The van der Waals surface area contributed by atoms with E-state index in [0.717, 1.165) is 12.2 Å². The molecule has 1 aromatic carbocycles. The monoisotopic (exact) mass is 180 g/mol. The highest BCUT2D eigenvalue weighted by Gasteiger charge is 2.23. The third kappa shape index (κ3) is 1.34. The molecule has 2 rings (SSSR count). The lowest BCUT2D eigenvalue weighted by atomic mass is 10.0. The molecule has 2 nitrogen and oxygen atoms in total. The molecule has 13 heavy (non-hydrogen) atoms. The number of benzene rings is 1. The molecule has 1 aromatic rings. The number of nitrogens with two attached hydrogens (primary N) is 1. The minimum atomic E-state index is -0.336. The van der Waals surface area contributed by atoms with E-state index in [9.17, 15) is 4.39 Å². The molecule has 1 atom stereocenters. The summed E-state index contributed by atoms with van der Waals surface area (Å²) in [4.78, 5) is 2.22. The van der Waals surface area contributed by atoms with Crippen LogP contribution >= 0.6 is 0 Å². The van der Waals surface area contributed by atoms with Gasteiger partial charge in [-0.2, -0.15) is 0 Å². The van der Waals surface area contributed by atoms with Gasteiger partial charge in [0.05, 0.1) is 5.69 Å². The molecule has 1 aliphatic rings. The fourth-order valence-electron chi connectivity index (χ4n) is 1.61. The molecule has 1 unspecified atom stereocenters. The van der Waals surface area contributed by atoms with E-state index < -0.39 is 0 Å². The molecule has 1 heterocycles. The maximum atomic E-state index is 12.8. The molecule has 1 aliphatic heterocycles. The molecule has 0 amide bonds. The zero-order valence-electron chi connectivity index (χ0n) is 7.63. The highest BCUT2D eigenvalue weighted by molar-refractivity contribution is 5.58. The van der Waals surface area contributed by atoms with E-state index in [-0.39, 0.29) is 11.5 Å². The molecule has 0 aliphatic carbocycles. The van der Waals surface area contributed by atoms with Crippen LogP contribution in [0.5, 0.6) is 0 Å². The van der Waals surface area contributed by atoms with Crippen LogP contribution in [0.4, 0.5) is 15.8 Å². The molecule has 1 saturated heterocycles. The van der Waals surface area contributed by atoms with Crippen molar-refractivity contribution in [2.45, 2.75) is 19.4 Å². The van der Waals surface area contributed by atoms with Gasteiger partial charge in [-0.1, -0.05) is 0 Å². The Bertz CT molecular complexity index is 325. The standard InChI is InChI=1S/C10H13FN2/c1-7-4-5-13(7)8-2-3-9(11)10(12)6-8/h2-3,6-7H,4-5,12H2,1H3. The van der Waals surface area contributed by atoms with Crippen LogP contribution in [0.25, 0.3) is 0 Å². The summed E-state index contributed by atoms with van der Waals surface area (Å²) in [6.45, 7) is 3.20. The second-order valence-corrected chi connectivity index (χ2v) is 3.54. The van der Waals surface area contributed by atoms with Crippen molar-refractivity contribution in [3.63, 3.8) is 0 Å². The molecular weight excluding hydrogens is 167 g/mol. The van der Waals surface area contributed by atoms with Gasteiger partial charge in [-0.15, -0.1) is 0 Å². The van der Waals surface area contributed by atoms with E-state index in [1.165, 1.54) is 12.5 Å². The normalized spacial score (nSPS) is 21.4. The number of halogens is 1. The van der Waals surface area contributed by atoms with Crippen molar-refractivity contribution < 1.29 is 4.39 Å². The molecule has 3 heteroatoms. The number of nitrogens with zero attached hydrogens (tertiary/aromatic N) is 1. The minimum Gasteiger partial charge on any atom is -0.396 e. The third-order valence-electron chi connectivity index (χ3n) is 2.63. The van der Waals surface area contributed by atoms with Crippen molar-refractivity contribution in [3.05, 3.63) is 24.0 Å². The molecule has 0 radical (unpaired) electrons. The van der Waals surface area contributed by atoms with Gasteiger partial charge in [0.2, 0.25) is 0 Å². The van der Waals surface area contributed by atoms with Gasteiger partial charge >= 0.3 is 0 Å². The van der Waals surface area contributed by atoms with E-state index in [0.29, 0.717) is 6.04 Å². The van der Waals surface area contributed by atoms with Crippen molar-refractivity contribution in [1.82, 2.24) is 0 Å². The van der Waals surface area contributed by atoms with Crippen molar-refractivity contribution >= 4 is 11.4 Å². The van der Waals surface area contributed by atoms with Gasteiger partial charge in [-0.25, -0.2) is 4.39 Å². The van der Waals surface area contributed by atoms with Gasteiger partial charge in [-0.05, 0) is 31.5 Å². The van der Waals surface area contributed by atoms with Crippen LogP contribution in [0.2, 0.25) is 0 Å². The van der Waals surface area contributed by atoms with Crippen molar-refractivity contribution in [1.29, 1.82) is 0 Å². The zero-order chi connectivity index (χ0) is 9.42. The lowest BCUT2D eigenvalue weighted by molar-refractivity contribution is 0.481. The SMILES string of the molecule is CC1CCN1c1ccc(F)c(N)c1. The van der Waals surface area contributed by atoms with Gasteiger partial charge in [0.25, 0.3) is 0 Å². The van der Waals surface area contributed by atoms with Gasteiger partial charge in [-0.3, -0.25) is 0 Å². The molecule has 0 bridgehead atoms. The Hall–Kier alpha value is -1.25. The van der Waals surface area contributed by atoms with Crippen LogP contribution in [0.3, 0.4) is 0 Å². The van der Waals surface area contributed by atoms with Crippen molar-refractivity contribution in [2.24, 2.45) is 0 Å². The molecule has 70 valence electrons. The van der Waals surface area contributed by atoms with Crippen LogP contribution in [0.15, 0.2) is 18.2 Å². The predicted octanol–water partition coefficient (Wildman–Crippen LogP) is 2.01. The van der Waals surface area contributed by atoms with E-state index in [4.69, 9.17) is 5.73 Å². The average molecular weight is 180 g/mol. The van der Waals surface area contributed by atoms with E-state index in [1.54, 1.807) is 12.1 Å². The first-order chi connectivity index (χ1) is 6.18. The predicted molar refractivity (Wildman–Crippen MR) is 52.2 cm³/mol. The van der Waals surface area contributed by atoms with Crippen LogP contribution in [-0.4, -0.2) is 12.6 Å². The summed E-state index contributed by atoms with van der Waals surface area (Å²) in [5.74, 6) is -0.336. The first-order valence-electron chi connectivity index (χ1n) is 4.50. The van der Waals surface area contributed by atoms with Crippen LogP contribution < -0.4 is 10.6 Å². The van der Waals surface area contributed by atoms with Crippen LogP contribution in [0.1, 0.15) is 13.3 Å². The maximum Gasteiger partial charge on any atom is 0.146 e. The summed E-state index contributed by atoms with van der Waals surface area (Å²) in [7, 11) is 0. The molecule has 1 fully saturated rings. The Balaban J connectivity index is 2.26. The van der Waals surface area contributed by atoms with Crippen LogP contribution in [0, 0.1) is 5.82 Å². The Morgan fingerprint density at radius 2 is 2.31 bits per heavy atom. The fourth-order valence-corrected chi connectivity index (χ4v) is 1.61. The summed E-state index contributed by atoms with van der Waals surface area (Å²) < 4.78 is 12.8. The molecule has 0 aromatic heterocycles. The summed E-state index contributed by atoms with van der Waals surface area (Å²) in [6, 6.07) is 5.46. The molecule has 2 N–H and O–H groups in total. The molecule has 0 saturated carbocycles. The Kier molecular flexibility index (Phi) is 1.87. The van der Waals surface area contributed by atoms with Crippen molar-refractivity contribution in [3.8, 4) is 0 Å². The summed E-state index contributed by atoms with van der Waals surface area (Å²) in [5.41, 5.74) is 6.74. The van der Waals surface area contributed by atoms with Crippen molar-refractivity contribution in [2.75, 3.05) is 17.2 Å². The van der Waals surface area contributed by atoms with E-state index >= 15 is 0 Å². The first-order valence-corrected chi connectivity index (χ1v) is 4.50. The summed E-state index contributed by atoms with van der Waals surface area (Å²) in [5, 5.41) is 0. The fraction of sp³-hybridized carbons (Fsp3) is 0.400. The highest BCUT2D eigenvalue weighted by Crippen LogP contribution is 2.28. The summed E-state index contributed by atoms with van der Waals surface area (Å²) in [6.07, 6.45) is 1.21. The first kappa shape index (κ1) is 8.35. The van der Waals surface area contributed by atoms with E-state index in [2.05, 4.69) is 11.8 Å². The average Bonchev–Trinajstić information content (AvgIpc) is 2.09. The lowest BCUT2D eigenvalue weighted by Crippen LogP contribution is -2.45. The minimum absolute atomic E-state index is 0.233. The quantitative estimate of drug-likeness (QED) is 0.670. The van der Waals surface area contributed by atoms with Gasteiger partial charge in [0.15, 0.2) is 0 Å². The van der Waals surface area contributed by atoms with Gasteiger partial charge in [0, 0.05) is 18.3 Å². The lowest BCUT2D eigenvalue weighted by Gasteiger charge is -2.40. The second kappa shape index (κ2) is 2.91. The smallest absolute Gasteiger partial charge is 0.146 e. The van der Waals surface area contributed by atoms with Gasteiger partial charge < -0.3 is 10.6 Å². The largest absolute Gasteiger partial charge is 0.396 e.